The smallest absolute Gasteiger partial charge is 0.125 e. The molecule has 1 aromatic carbocycles. The Hall–Kier alpha value is -1.55. The Labute approximate surface area is 124 Å². The van der Waals surface area contributed by atoms with Crippen LogP contribution in [0.1, 0.15) is 46.6 Å². The van der Waals surface area contributed by atoms with E-state index in [1.165, 1.54) is 0 Å². The zero-order chi connectivity index (χ0) is 15.8. The maximum absolute atomic E-state index is 5.78. The van der Waals surface area contributed by atoms with Gasteiger partial charge in [0.25, 0.3) is 0 Å². The van der Waals surface area contributed by atoms with Crippen LogP contribution in [0.4, 0.5) is 0 Å². The molecule has 4 nitrogen and oxygen atoms in total. The van der Waals surface area contributed by atoms with Crippen LogP contribution in [0, 0.1) is 0 Å². The van der Waals surface area contributed by atoms with Crippen LogP contribution < -0.4 is 16.2 Å². The molecule has 0 aliphatic heterocycles. The van der Waals surface area contributed by atoms with Crippen LogP contribution in [0.3, 0.4) is 0 Å². The Morgan fingerprint density at radius 1 is 1.10 bits per heavy atom. The molecule has 4 heteroatoms. The van der Waals surface area contributed by atoms with Gasteiger partial charge in [-0.3, -0.25) is 4.99 Å². The Kier molecular flexibility index (Phi) is 16.1. The highest BCUT2D eigenvalue weighted by Crippen LogP contribution is 2.12. The monoisotopic (exact) mass is 281 g/mol. The van der Waals surface area contributed by atoms with Gasteiger partial charge in [-0.2, -0.15) is 0 Å². The normalized spacial score (nSPS) is 9.80. The molecule has 0 amide bonds. The van der Waals surface area contributed by atoms with Crippen molar-refractivity contribution in [3.05, 3.63) is 29.8 Å². The fraction of sp³-hybridized carbons (Fsp3) is 0.562. The standard InChI is InChI=1S/C12H19N3O.2C2H6/c1-2-9-16-11-5-3-10(4-6-11)12(14)15-8-7-13;2*1-2/h3-6H,2,7-9,13H2,1H3,(H2,14,15);2*1-2H3. The van der Waals surface area contributed by atoms with Gasteiger partial charge in [0.15, 0.2) is 0 Å². The highest BCUT2D eigenvalue weighted by Gasteiger charge is 1.98. The minimum atomic E-state index is 0.512. The zero-order valence-corrected chi connectivity index (χ0v) is 13.6. The van der Waals surface area contributed by atoms with Crippen molar-refractivity contribution in [3.8, 4) is 5.75 Å². The highest BCUT2D eigenvalue weighted by atomic mass is 16.5. The van der Waals surface area contributed by atoms with Crippen LogP contribution in [-0.4, -0.2) is 25.5 Å². The Balaban J connectivity index is 0. The lowest BCUT2D eigenvalue weighted by Crippen LogP contribution is -2.16. The number of nitrogens with zero attached hydrogens (tertiary/aromatic N) is 1. The number of benzene rings is 1. The lowest BCUT2D eigenvalue weighted by Gasteiger charge is -2.05. The van der Waals surface area contributed by atoms with E-state index in [1.807, 2.05) is 52.0 Å². The van der Waals surface area contributed by atoms with Gasteiger partial charge in [0, 0.05) is 12.1 Å². The molecule has 0 fully saturated rings. The van der Waals surface area contributed by atoms with Gasteiger partial charge in [-0.25, -0.2) is 0 Å². The molecule has 0 aliphatic rings. The summed E-state index contributed by atoms with van der Waals surface area (Å²) in [5.74, 6) is 1.38. The number of hydrogen-bond donors (Lipinski definition) is 2. The Morgan fingerprint density at radius 2 is 1.65 bits per heavy atom. The van der Waals surface area contributed by atoms with E-state index in [9.17, 15) is 0 Å². The molecule has 0 aromatic heterocycles. The molecule has 1 aromatic rings. The predicted octanol–water partition coefficient (Wildman–Crippen LogP) is 3.19. The minimum Gasteiger partial charge on any atom is -0.494 e. The van der Waals surface area contributed by atoms with Gasteiger partial charge in [0.05, 0.1) is 13.2 Å². The summed E-state index contributed by atoms with van der Waals surface area (Å²) < 4.78 is 5.47. The molecule has 0 saturated carbocycles. The van der Waals surface area contributed by atoms with Crippen LogP contribution in [-0.2, 0) is 0 Å². The van der Waals surface area contributed by atoms with Crippen molar-refractivity contribution in [1.82, 2.24) is 0 Å². The summed E-state index contributed by atoms with van der Waals surface area (Å²) >= 11 is 0. The quantitative estimate of drug-likeness (QED) is 0.621. The molecular formula is C16H31N3O. The van der Waals surface area contributed by atoms with Crippen molar-refractivity contribution in [2.75, 3.05) is 19.7 Å². The Bertz CT molecular complexity index is 334. The third-order valence-electron chi connectivity index (χ3n) is 2.03. The van der Waals surface area contributed by atoms with Crippen LogP contribution in [0.2, 0.25) is 0 Å². The number of aliphatic imine (C=N–C) groups is 1. The van der Waals surface area contributed by atoms with E-state index >= 15 is 0 Å². The van der Waals surface area contributed by atoms with Gasteiger partial charge < -0.3 is 16.2 Å². The molecule has 1 rings (SSSR count). The van der Waals surface area contributed by atoms with E-state index in [1.54, 1.807) is 0 Å². The van der Waals surface area contributed by atoms with Crippen molar-refractivity contribution in [3.63, 3.8) is 0 Å². The van der Waals surface area contributed by atoms with E-state index in [4.69, 9.17) is 16.2 Å². The second-order valence-corrected chi connectivity index (χ2v) is 3.43. The third kappa shape index (κ3) is 9.39. The van der Waals surface area contributed by atoms with Crippen LogP contribution in [0.25, 0.3) is 0 Å². The van der Waals surface area contributed by atoms with Crippen molar-refractivity contribution >= 4 is 5.84 Å². The molecule has 0 atom stereocenters. The summed E-state index contributed by atoms with van der Waals surface area (Å²) in [5.41, 5.74) is 12.0. The van der Waals surface area contributed by atoms with Crippen molar-refractivity contribution in [1.29, 1.82) is 0 Å². The molecule has 0 saturated heterocycles. The van der Waals surface area contributed by atoms with Gasteiger partial charge in [-0.15, -0.1) is 0 Å². The molecule has 0 heterocycles. The van der Waals surface area contributed by atoms with Gasteiger partial charge in [-0.05, 0) is 30.7 Å². The first-order valence-electron chi connectivity index (χ1n) is 7.51. The van der Waals surface area contributed by atoms with Crippen LogP contribution in [0.15, 0.2) is 29.3 Å². The second-order valence-electron chi connectivity index (χ2n) is 3.43. The van der Waals surface area contributed by atoms with Gasteiger partial charge in [0.1, 0.15) is 11.6 Å². The molecule has 116 valence electrons. The SMILES string of the molecule is CC.CC.CCCOc1ccc(C(N)=NCCN)cc1. The first-order valence-corrected chi connectivity index (χ1v) is 7.51. The fourth-order valence-corrected chi connectivity index (χ4v) is 1.22. The lowest BCUT2D eigenvalue weighted by atomic mass is 10.2. The van der Waals surface area contributed by atoms with E-state index in [0.29, 0.717) is 18.9 Å². The van der Waals surface area contributed by atoms with Gasteiger partial charge in [-0.1, -0.05) is 34.6 Å². The highest BCUT2D eigenvalue weighted by molar-refractivity contribution is 5.97. The topological polar surface area (TPSA) is 73.6 Å². The summed E-state index contributed by atoms with van der Waals surface area (Å²) in [5, 5.41) is 0. The number of ether oxygens (including phenoxy) is 1. The van der Waals surface area contributed by atoms with Crippen molar-refractivity contribution in [2.45, 2.75) is 41.0 Å². The van der Waals surface area contributed by atoms with Crippen LogP contribution >= 0.6 is 0 Å². The molecule has 4 N–H and O–H groups in total. The number of rotatable bonds is 6. The largest absolute Gasteiger partial charge is 0.494 e. The third-order valence-corrected chi connectivity index (χ3v) is 2.03. The first-order chi connectivity index (χ1) is 9.77. The van der Waals surface area contributed by atoms with E-state index in [0.717, 1.165) is 24.3 Å². The number of hydrogen-bond acceptors (Lipinski definition) is 3. The van der Waals surface area contributed by atoms with Crippen molar-refractivity contribution < 1.29 is 4.74 Å². The van der Waals surface area contributed by atoms with E-state index in [-0.39, 0.29) is 0 Å². The first kappa shape index (κ1) is 20.8. The molecule has 0 unspecified atom stereocenters. The number of nitrogens with two attached hydrogens (primary N) is 2. The second kappa shape index (κ2) is 15.5. The average Bonchev–Trinajstić information content (AvgIpc) is 2.55. The maximum Gasteiger partial charge on any atom is 0.125 e. The number of amidine groups is 1. The molecular weight excluding hydrogens is 250 g/mol. The fourth-order valence-electron chi connectivity index (χ4n) is 1.22. The molecule has 20 heavy (non-hydrogen) atoms. The predicted molar refractivity (Wildman–Crippen MR) is 89.6 cm³/mol. The maximum atomic E-state index is 5.78. The average molecular weight is 281 g/mol. The van der Waals surface area contributed by atoms with Gasteiger partial charge >= 0.3 is 0 Å². The molecule has 0 spiro atoms. The lowest BCUT2D eigenvalue weighted by molar-refractivity contribution is 0.317. The molecule has 0 bridgehead atoms. The molecule has 0 radical (unpaired) electrons. The summed E-state index contributed by atoms with van der Waals surface area (Å²) in [6, 6.07) is 7.60. The van der Waals surface area contributed by atoms with Gasteiger partial charge in [0.2, 0.25) is 0 Å². The van der Waals surface area contributed by atoms with Crippen molar-refractivity contribution in [2.24, 2.45) is 16.5 Å². The van der Waals surface area contributed by atoms with E-state index < -0.39 is 0 Å². The van der Waals surface area contributed by atoms with Crippen LogP contribution in [0.5, 0.6) is 5.75 Å². The Morgan fingerprint density at radius 3 is 2.10 bits per heavy atom. The molecule has 0 aliphatic carbocycles. The van der Waals surface area contributed by atoms with E-state index in [2.05, 4.69) is 11.9 Å². The minimum absolute atomic E-state index is 0.512. The summed E-state index contributed by atoms with van der Waals surface area (Å²) in [6.45, 7) is 11.9. The summed E-state index contributed by atoms with van der Waals surface area (Å²) in [4.78, 5) is 4.13. The summed E-state index contributed by atoms with van der Waals surface area (Å²) in [6.07, 6.45) is 1.00. The summed E-state index contributed by atoms with van der Waals surface area (Å²) in [7, 11) is 0. The zero-order valence-electron chi connectivity index (χ0n) is 13.6.